The van der Waals surface area contributed by atoms with Crippen molar-refractivity contribution >= 4 is 17.7 Å². The number of thioether (sulfide) groups is 1. The van der Waals surface area contributed by atoms with E-state index in [2.05, 4.69) is 5.32 Å². The molecule has 0 aromatic rings. The zero-order valence-corrected chi connectivity index (χ0v) is 12.3. The van der Waals surface area contributed by atoms with Crippen LogP contribution in [0.2, 0.25) is 0 Å². The monoisotopic (exact) mass is 274 g/mol. The van der Waals surface area contributed by atoms with E-state index in [0.717, 1.165) is 25.9 Å². The summed E-state index contributed by atoms with van der Waals surface area (Å²) in [6.07, 6.45) is 2.99. The molecule has 0 aromatic carbocycles. The van der Waals surface area contributed by atoms with Gasteiger partial charge in [0.2, 0.25) is 5.91 Å². The average molecular weight is 274 g/mol. The van der Waals surface area contributed by atoms with Crippen LogP contribution in [0.4, 0.5) is 0 Å². The Morgan fingerprint density at radius 1 is 1.44 bits per heavy atom. The van der Waals surface area contributed by atoms with Gasteiger partial charge in [0.25, 0.3) is 0 Å². The van der Waals surface area contributed by atoms with Crippen molar-refractivity contribution in [3.63, 3.8) is 0 Å². The second-order valence-corrected chi connectivity index (χ2v) is 6.31. The van der Waals surface area contributed by atoms with Gasteiger partial charge in [-0.1, -0.05) is 0 Å². The van der Waals surface area contributed by atoms with Crippen molar-refractivity contribution in [1.29, 1.82) is 0 Å². The van der Waals surface area contributed by atoms with Gasteiger partial charge in [-0.2, -0.15) is 0 Å². The van der Waals surface area contributed by atoms with E-state index in [9.17, 15) is 4.79 Å². The smallest absolute Gasteiger partial charge is 0.232 e. The number of amides is 1. The number of piperidine rings is 1. The van der Waals surface area contributed by atoms with E-state index < -0.39 is 0 Å². The van der Waals surface area contributed by atoms with E-state index >= 15 is 0 Å². The molecule has 0 bridgehead atoms. The first-order valence-corrected chi connectivity index (χ1v) is 7.92. The number of aliphatic hydroxyl groups is 1. The number of aliphatic hydroxyl groups excluding tert-OH is 1. The molecule has 1 aliphatic rings. The topological polar surface area (TPSA) is 52.6 Å². The fourth-order valence-electron chi connectivity index (χ4n) is 2.15. The number of nitrogens with zero attached hydrogens (tertiary/aromatic N) is 1. The van der Waals surface area contributed by atoms with Crippen molar-refractivity contribution in [3.05, 3.63) is 0 Å². The molecule has 0 atom stereocenters. The summed E-state index contributed by atoms with van der Waals surface area (Å²) in [5.74, 6) is 0.788. The van der Waals surface area contributed by atoms with E-state index in [1.165, 1.54) is 0 Å². The molecule has 1 aliphatic heterocycles. The highest BCUT2D eigenvalue weighted by Gasteiger charge is 2.19. The molecule has 0 aliphatic carbocycles. The van der Waals surface area contributed by atoms with Crippen LogP contribution in [0.1, 0.15) is 33.1 Å². The second kappa shape index (κ2) is 8.77. The molecule has 5 heteroatoms. The third-order valence-electron chi connectivity index (χ3n) is 3.23. The molecular formula is C13H26N2O2S. The Bertz CT molecular complexity index is 243. The standard InChI is InChI=1S/C13H26N2O2S/c1-11(2)15(8-3-9-16)13(17)10-18-12-4-6-14-7-5-12/h11-12,14,16H,3-10H2,1-2H3. The molecule has 106 valence electrons. The minimum absolute atomic E-state index is 0.151. The van der Waals surface area contributed by atoms with Crippen molar-refractivity contribution < 1.29 is 9.90 Å². The van der Waals surface area contributed by atoms with Crippen LogP contribution in [0.5, 0.6) is 0 Å². The third kappa shape index (κ3) is 5.59. The number of carbonyl (C=O) groups is 1. The highest BCUT2D eigenvalue weighted by Crippen LogP contribution is 2.20. The third-order valence-corrected chi connectivity index (χ3v) is 4.59. The molecule has 1 saturated heterocycles. The highest BCUT2D eigenvalue weighted by molar-refractivity contribution is 8.00. The van der Waals surface area contributed by atoms with Crippen molar-refractivity contribution in [3.8, 4) is 0 Å². The first-order valence-electron chi connectivity index (χ1n) is 6.87. The van der Waals surface area contributed by atoms with Gasteiger partial charge < -0.3 is 15.3 Å². The molecule has 1 fully saturated rings. The van der Waals surface area contributed by atoms with Crippen LogP contribution in [0, 0.1) is 0 Å². The summed E-state index contributed by atoms with van der Waals surface area (Å²) >= 11 is 1.79. The SMILES string of the molecule is CC(C)N(CCCO)C(=O)CSC1CCNCC1. The maximum atomic E-state index is 12.1. The zero-order chi connectivity index (χ0) is 13.4. The van der Waals surface area contributed by atoms with Gasteiger partial charge in [0, 0.05) is 24.4 Å². The molecule has 2 N–H and O–H groups in total. The lowest BCUT2D eigenvalue weighted by molar-refractivity contribution is -0.130. The molecule has 0 spiro atoms. The Morgan fingerprint density at radius 2 is 2.11 bits per heavy atom. The predicted molar refractivity (Wildman–Crippen MR) is 76.9 cm³/mol. The van der Waals surface area contributed by atoms with Crippen LogP contribution in [-0.4, -0.2) is 59.2 Å². The van der Waals surface area contributed by atoms with Gasteiger partial charge in [0.05, 0.1) is 5.75 Å². The Balaban J connectivity index is 2.31. The van der Waals surface area contributed by atoms with Crippen molar-refractivity contribution in [2.75, 3.05) is 32.0 Å². The molecular weight excluding hydrogens is 248 g/mol. The van der Waals surface area contributed by atoms with Gasteiger partial charge >= 0.3 is 0 Å². The van der Waals surface area contributed by atoms with Crippen molar-refractivity contribution in [2.24, 2.45) is 0 Å². The van der Waals surface area contributed by atoms with E-state index in [-0.39, 0.29) is 18.6 Å². The first-order chi connectivity index (χ1) is 8.65. The lowest BCUT2D eigenvalue weighted by atomic mass is 10.2. The summed E-state index contributed by atoms with van der Waals surface area (Å²) in [4.78, 5) is 14.0. The number of hydrogen-bond acceptors (Lipinski definition) is 4. The van der Waals surface area contributed by atoms with Gasteiger partial charge in [-0.05, 0) is 46.2 Å². The summed E-state index contributed by atoms with van der Waals surface area (Å²) in [7, 11) is 0. The van der Waals surface area contributed by atoms with Gasteiger partial charge in [0.1, 0.15) is 0 Å². The number of carbonyl (C=O) groups excluding carboxylic acids is 1. The largest absolute Gasteiger partial charge is 0.396 e. The number of nitrogens with one attached hydrogen (secondary N) is 1. The number of hydrogen-bond donors (Lipinski definition) is 2. The maximum absolute atomic E-state index is 12.1. The normalized spacial score (nSPS) is 17.1. The van der Waals surface area contributed by atoms with Crippen molar-refractivity contribution in [2.45, 2.75) is 44.4 Å². The summed E-state index contributed by atoms with van der Waals surface area (Å²) < 4.78 is 0. The van der Waals surface area contributed by atoms with Crippen molar-refractivity contribution in [1.82, 2.24) is 10.2 Å². The fraction of sp³-hybridized carbons (Fsp3) is 0.923. The lowest BCUT2D eigenvalue weighted by Crippen LogP contribution is -2.39. The minimum Gasteiger partial charge on any atom is -0.396 e. The van der Waals surface area contributed by atoms with Gasteiger partial charge in [-0.25, -0.2) is 0 Å². The molecule has 4 nitrogen and oxygen atoms in total. The quantitative estimate of drug-likeness (QED) is 0.730. The molecule has 18 heavy (non-hydrogen) atoms. The van der Waals surface area contributed by atoms with Crippen LogP contribution in [-0.2, 0) is 4.79 Å². The average Bonchev–Trinajstić information content (AvgIpc) is 2.37. The first kappa shape index (κ1) is 15.8. The summed E-state index contributed by atoms with van der Waals surface area (Å²) in [6, 6.07) is 0.220. The van der Waals surface area contributed by atoms with Crippen LogP contribution < -0.4 is 5.32 Å². The summed E-state index contributed by atoms with van der Waals surface area (Å²) in [6.45, 7) is 7.03. The molecule has 0 unspecified atom stereocenters. The number of rotatable bonds is 7. The lowest BCUT2D eigenvalue weighted by Gasteiger charge is -2.28. The van der Waals surface area contributed by atoms with Crippen LogP contribution in [0.25, 0.3) is 0 Å². The van der Waals surface area contributed by atoms with E-state index in [4.69, 9.17) is 5.11 Å². The Kier molecular flexibility index (Phi) is 7.70. The zero-order valence-electron chi connectivity index (χ0n) is 11.5. The summed E-state index contributed by atoms with van der Waals surface area (Å²) in [5.41, 5.74) is 0. The Hall–Kier alpha value is -0.260. The van der Waals surface area contributed by atoms with Crippen LogP contribution >= 0.6 is 11.8 Å². The highest BCUT2D eigenvalue weighted by atomic mass is 32.2. The van der Waals surface area contributed by atoms with Gasteiger partial charge in [-0.15, -0.1) is 11.8 Å². The maximum Gasteiger partial charge on any atom is 0.232 e. The Morgan fingerprint density at radius 3 is 2.67 bits per heavy atom. The van der Waals surface area contributed by atoms with Gasteiger partial charge in [-0.3, -0.25) is 4.79 Å². The molecule has 0 radical (unpaired) electrons. The van der Waals surface area contributed by atoms with E-state index in [1.807, 2.05) is 18.7 Å². The fourth-order valence-corrected chi connectivity index (χ4v) is 3.26. The molecule has 1 rings (SSSR count). The molecule has 1 amide bonds. The van der Waals surface area contributed by atoms with E-state index in [1.54, 1.807) is 11.8 Å². The van der Waals surface area contributed by atoms with E-state index in [0.29, 0.717) is 24.0 Å². The molecule has 0 saturated carbocycles. The second-order valence-electron chi connectivity index (χ2n) is 5.02. The molecule has 1 heterocycles. The van der Waals surface area contributed by atoms with Gasteiger partial charge in [0.15, 0.2) is 0 Å². The van der Waals surface area contributed by atoms with Crippen LogP contribution in [0.3, 0.4) is 0 Å². The molecule has 0 aromatic heterocycles. The predicted octanol–water partition coefficient (Wildman–Crippen LogP) is 1.09. The van der Waals surface area contributed by atoms with Crippen LogP contribution in [0.15, 0.2) is 0 Å². The minimum atomic E-state index is 0.151. The summed E-state index contributed by atoms with van der Waals surface area (Å²) in [5, 5.41) is 12.8. The Labute approximate surface area is 115 Å².